The molecular weight excluding hydrogens is 378 g/mol. The Bertz CT molecular complexity index is 775. The van der Waals surface area contributed by atoms with Gasteiger partial charge in [-0.25, -0.2) is 14.4 Å². The van der Waals surface area contributed by atoms with Gasteiger partial charge < -0.3 is 24.4 Å². The number of likely N-dealkylation sites (tertiary alicyclic amines) is 1. The van der Waals surface area contributed by atoms with Crippen LogP contribution in [0.3, 0.4) is 0 Å². The lowest BCUT2D eigenvalue weighted by Gasteiger charge is -2.37. The lowest BCUT2D eigenvalue weighted by molar-refractivity contribution is -0.148. The molecule has 1 aromatic rings. The fraction of sp³-hybridized carbons (Fsp3) is 0.550. The summed E-state index contributed by atoms with van der Waals surface area (Å²) in [6.45, 7) is 4.84. The molecule has 0 radical (unpaired) electrons. The molecule has 2 saturated heterocycles. The number of nitrogens with one attached hydrogen (secondary N) is 1. The van der Waals surface area contributed by atoms with E-state index >= 15 is 0 Å². The summed E-state index contributed by atoms with van der Waals surface area (Å²) in [5.74, 6) is 0.281. The smallest absolute Gasteiger partial charge is 0.410 e. The van der Waals surface area contributed by atoms with Gasteiger partial charge in [-0.2, -0.15) is 0 Å². The van der Waals surface area contributed by atoms with E-state index in [1.54, 1.807) is 25.0 Å². The van der Waals surface area contributed by atoms with Gasteiger partial charge in [0.15, 0.2) is 6.04 Å². The third-order valence-corrected chi connectivity index (χ3v) is 5.29. The van der Waals surface area contributed by atoms with Crippen LogP contribution in [-0.4, -0.2) is 73.4 Å². The fourth-order valence-corrected chi connectivity index (χ4v) is 3.70. The minimum Gasteiger partial charge on any atom is -0.497 e. The molecule has 9 nitrogen and oxygen atoms in total. The van der Waals surface area contributed by atoms with Crippen molar-refractivity contribution in [2.75, 3.05) is 38.7 Å². The fourth-order valence-electron chi connectivity index (χ4n) is 3.70. The van der Waals surface area contributed by atoms with Crippen LogP contribution in [0.4, 0.5) is 15.3 Å². The molecule has 2 fully saturated rings. The van der Waals surface area contributed by atoms with Gasteiger partial charge in [-0.1, -0.05) is 0 Å². The third-order valence-electron chi connectivity index (χ3n) is 5.29. The Balaban J connectivity index is 1.57. The van der Waals surface area contributed by atoms with Gasteiger partial charge in [-0.05, 0) is 50.5 Å². The summed E-state index contributed by atoms with van der Waals surface area (Å²) in [5, 5.41) is 2.92. The summed E-state index contributed by atoms with van der Waals surface area (Å²) < 4.78 is 15.3. The van der Waals surface area contributed by atoms with E-state index in [2.05, 4.69) is 5.32 Å². The molecule has 2 aliphatic rings. The largest absolute Gasteiger partial charge is 0.497 e. The second-order valence-corrected chi connectivity index (χ2v) is 7.08. The summed E-state index contributed by atoms with van der Waals surface area (Å²) in [4.78, 5) is 40.1. The minimum absolute atomic E-state index is 0.00904. The highest BCUT2D eigenvalue weighted by atomic mass is 16.6. The zero-order chi connectivity index (χ0) is 21.0. The standard InChI is InChI=1S/C20H27N3O6/c1-4-28-18(24)17-12-29-20(26)23(17)14-7-9-22(10-8-14)19(25)21-16-6-5-15(27-3)11-13(16)2/h5-6,11,14,17H,4,7-10,12H2,1-3H3,(H,21,25)/t17-/m0/s1. The first-order valence-corrected chi connectivity index (χ1v) is 9.76. The van der Waals surface area contributed by atoms with Crippen molar-refractivity contribution in [1.29, 1.82) is 0 Å². The van der Waals surface area contributed by atoms with Crippen LogP contribution in [-0.2, 0) is 14.3 Å². The number of carbonyl (C=O) groups is 3. The number of piperidine rings is 1. The minimum atomic E-state index is -0.713. The number of amides is 3. The van der Waals surface area contributed by atoms with Gasteiger partial charge in [-0.3, -0.25) is 4.90 Å². The third kappa shape index (κ3) is 4.55. The molecule has 0 saturated carbocycles. The molecule has 9 heteroatoms. The van der Waals surface area contributed by atoms with E-state index in [0.717, 1.165) is 17.0 Å². The lowest BCUT2D eigenvalue weighted by Crippen LogP contribution is -2.52. The Kier molecular flexibility index (Phi) is 6.46. The zero-order valence-electron chi connectivity index (χ0n) is 17.0. The number of aryl methyl sites for hydroxylation is 1. The molecule has 158 valence electrons. The van der Waals surface area contributed by atoms with E-state index in [9.17, 15) is 14.4 Å². The molecule has 29 heavy (non-hydrogen) atoms. The van der Waals surface area contributed by atoms with Crippen molar-refractivity contribution >= 4 is 23.8 Å². The number of esters is 1. The molecule has 3 rings (SSSR count). The van der Waals surface area contributed by atoms with Crippen LogP contribution < -0.4 is 10.1 Å². The van der Waals surface area contributed by atoms with Crippen molar-refractivity contribution in [3.05, 3.63) is 23.8 Å². The Hall–Kier alpha value is -2.97. The van der Waals surface area contributed by atoms with Crippen molar-refractivity contribution in [1.82, 2.24) is 9.80 Å². The van der Waals surface area contributed by atoms with E-state index in [-0.39, 0.29) is 25.3 Å². The molecule has 1 atom stereocenters. The van der Waals surface area contributed by atoms with Gasteiger partial charge in [0.25, 0.3) is 0 Å². The number of cyclic esters (lactones) is 1. The number of benzene rings is 1. The zero-order valence-corrected chi connectivity index (χ0v) is 17.0. The van der Waals surface area contributed by atoms with E-state index in [0.29, 0.717) is 25.9 Å². The van der Waals surface area contributed by atoms with Crippen LogP contribution in [0.1, 0.15) is 25.3 Å². The first kappa shape index (κ1) is 20.8. The molecule has 2 aliphatic heterocycles. The first-order valence-electron chi connectivity index (χ1n) is 9.76. The summed E-state index contributed by atoms with van der Waals surface area (Å²) in [5.41, 5.74) is 1.63. The topological polar surface area (TPSA) is 97.4 Å². The number of rotatable bonds is 5. The highest BCUT2D eigenvalue weighted by molar-refractivity contribution is 5.90. The lowest BCUT2D eigenvalue weighted by atomic mass is 10.0. The number of anilines is 1. The highest BCUT2D eigenvalue weighted by Gasteiger charge is 2.44. The second-order valence-electron chi connectivity index (χ2n) is 7.08. The van der Waals surface area contributed by atoms with Gasteiger partial charge in [0.05, 0.1) is 13.7 Å². The Morgan fingerprint density at radius 1 is 1.28 bits per heavy atom. The maximum Gasteiger partial charge on any atom is 0.410 e. The highest BCUT2D eigenvalue weighted by Crippen LogP contribution is 2.26. The summed E-state index contributed by atoms with van der Waals surface area (Å²) in [6.07, 6.45) is 0.639. The molecule has 0 spiro atoms. The van der Waals surface area contributed by atoms with E-state index in [1.165, 1.54) is 4.90 Å². The van der Waals surface area contributed by atoms with Crippen molar-refractivity contribution < 1.29 is 28.6 Å². The Labute approximate surface area is 169 Å². The number of hydrogen-bond acceptors (Lipinski definition) is 6. The average Bonchev–Trinajstić information content (AvgIpc) is 3.11. The predicted molar refractivity (Wildman–Crippen MR) is 105 cm³/mol. The van der Waals surface area contributed by atoms with Crippen molar-refractivity contribution in [3.63, 3.8) is 0 Å². The number of nitrogens with zero attached hydrogens (tertiary/aromatic N) is 2. The molecule has 1 aromatic carbocycles. The summed E-state index contributed by atoms with van der Waals surface area (Å²) >= 11 is 0. The van der Waals surface area contributed by atoms with Crippen LogP contribution in [0, 0.1) is 6.92 Å². The maximum atomic E-state index is 12.6. The van der Waals surface area contributed by atoms with E-state index < -0.39 is 18.1 Å². The first-order chi connectivity index (χ1) is 13.9. The van der Waals surface area contributed by atoms with Crippen LogP contribution in [0.5, 0.6) is 5.75 Å². The maximum absolute atomic E-state index is 12.6. The quantitative estimate of drug-likeness (QED) is 0.756. The Morgan fingerprint density at radius 2 is 2.00 bits per heavy atom. The number of methoxy groups -OCH3 is 1. The molecule has 2 heterocycles. The molecule has 0 bridgehead atoms. The van der Waals surface area contributed by atoms with Crippen LogP contribution in [0.15, 0.2) is 18.2 Å². The van der Waals surface area contributed by atoms with Gasteiger partial charge in [0.1, 0.15) is 12.4 Å². The van der Waals surface area contributed by atoms with Gasteiger partial charge in [0, 0.05) is 24.8 Å². The summed E-state index contributed by atoms with van der Waals surface area (Å²) in [7, 11) is 1.60. The van der Waals surface area contributed by atoms with Crippen molar-refractivity contribution in [2.45, 2.75) is 38.8 Å². The molecule has 0 aliphatic carbocycles. The number of urea groups is 1. The van der Waals surface area contributed by atoms with Crippen LogP contribution in [0.2, 0.25) is 0 Å². The summed E-state index contributed by atoms with van der Waals surface area (Å²) in [6, 6.07) is 4.39. The average molecular weight is 405 g/mol. The number of ether oxygens (including phenoxy) is 3. The van der Waals surface area contributed by atoms with Crippen molar-refractivity contribution in [3.8, 4) is 5.75 Å². The molecule has 0 unspecified atom stereocenters. The molecular formula is C20H27N3O6. The molecule has 1 N–H and O–H groups in total. The van der Waals surface area contributed by atoms with Crippen molar-refractivity contribution in [2.24, 2.45) is 0 Å². The predicted octanol–water partition coefficient (Wildman–Crippen LogP) is 2.38. The van der Waals surface area contributed by atoms with Gasteiger partial charge in [-0.15, -0.1) is 0 Å². The van der Waals surface area contributed by atoms with Crippen LogP contribution in [0.25, 0.3) is 0 Å². The molecule has 3 amide bonds. The van der Waals surface area contributed by atoms with E-state index in [4.69, 9.17) is 14.2 Å². The van der Waals surface area contributed by atoms with E-state index in [1.807, 2.05) is 19.1 Å². The van der Waals surface area contributed by atoms with Gasteiger partial charge >= 0.3 is 18.1 Å². The molecule has 0 aromatic heterocycles. The van der Waals surface area contributed by atoms with Crippen LogP contribution >= 0.6 is 0 Å². The van der Waals surface area contributed by atoms with Gasteiger partial charge in [0.2, 0.25) is 0 Å². The number of carbonyl (C=O) groups excluding carboxylic acids is 3. The Morgan fingerprint density at radius 3 is 2.62 bits per heavy atom. The second kappa shape index (κ2) is 9.02. The normalized spacial score (nSPS) is 19.7. The number of hydrogen-bond donors (Lipinski definition) is 1. The monoisotopic (exact) mass is 405 g/mol. The SMILES string of the molecule is CCOC(=O)[C@@H]1COC(=O)N1C1CCN(C(=O)Nc2ccc(OC)cc2C)CC1.